The quantitative estimate of drug-likeness (QED) is 0.627. The second-order valence-electron chi connectivity index (χ2n) is 5.35. The molecule has 0 aliphatic rings. The highest BCUT2D eigenvalue weighted by Gasteiger charge is 2.19. The summed E-state index contributed by atoms with van der Waals surface area (Å²) in [5.74, 6) is -0.0222. The molecule has 1 atom stereocenters. The second kappa shape index (κ2) is 7.66. The molecule has 0 aromatic carbocycles. The van der Waals surface area contributed by atoms with Gasteiger partial charge in [-0.2, -0.15) is 0 Å². The van der Waals surface area contributed by atoms with Crippen LogP contribution in [0.5, 0.6) is 0 Å². The molecule has 0 spiro atoms. The van der Waals surface area contributed by atoms with E-state index in [4.69, 9.17) is 5.73 Å². The van der Waals surface area contributed by atoms with E-state index in [-0.39, 0.29) is 17.4 Å². The van der Waals surface area contributed by atoms with E-state index in [1.54, 1.807) is 0 Å². The molecule has 0 radical (unpaired) electrons. The number of carbonyl (C=O) groups is 1. The lowest BCUT2D eigenvalue weighted by Gasteiger charge is -2.25. The predicted octanol–water partition coefficient (Wildman–Crippen LogP) is 2.45. The van der Waals surface area contributed by atoms with E-state index in [2.05, 4.69) is 26.1 Å². The minimum atomic E-state index is -0.355. The Hall–Kier alpha value is -0.570. The van der Waals surface area contributed by atoms with Crippen LogP contribution in [0.4, 0.5) is 0 Å². The summed E-state index contributed by atoms with van der Waals surface area (Å²) in [5, 5.41) is 2.94. The van der Waals surface area contributed by atoms with Gasteiger partial charge < -0.3 is 11.1 Å². The molecule has 16 heavy (non-hydrogen) atoms. The SMILES string of the molecule is CCCCCC(C)(C)CNC(=O)[C@@H](N)CC. The first-order valence-corrected chi connectivity index (χ1v) is 6.46. The second-order valence-corrected chi connectivity index (χ2v) is 5.35. The van der Waals surface area contributed by atoms with Gasteiger partial charge >= 0.3 is 0 Å². The highest BCUT2D eigenvalue weighted by atomic mass is 16.2. The molecule has 0 heterocycles. The molecule has 0 rings (SSSR count). The van der Waals surface area contributed by atoms with Gasteiger partial charge in [0.2, 0.25) is 5.91 Å². The summed E-state index contributed by atoms with van der Waals surface area (Å²) in [6, 6.07) is -0.355. The smallest absolute Gasteiger partial charge is 0.236 e. The van der Waals surface area contributed by atoms with Crippen molar-refractivity contribution in [2.75, 3.05) is 6.54 Å². The van der Waals surface area contributed by atoms with Gasteiger partial charge in [-0.25, -0.2) is 0 Å². The summed E-state index contributed by atoms with van der Waals surface area (Å²) in [6.45, 7) is 9.25. The van der Waals surface area contributed by atoms with Gasteiger partial charge in [0, 0.05) is 6.54 Å². The van der Waals surface area contributed by atoms with E-state index < -0.39 is 0 Å². The molecule has 0 unspecified atom stereocenters. The number of rotatable bonds is 8. The minimum Gasteiger partial charge on any atom is -0.354 e. The van der Waals surface area contributed by atoms with Crippen molar-refractivity contribution in [3.05, 3.63) is 0 Å². The van der Waals surface area contributed by atoms with Crippen LogP contribution >= 0.6 is 0 Å². The Balaban J connectivity index is 3.84. The molecule has 1 amide bonds. The fraction of sp³-hybridized carbons (Fsp3) is 0.923. The van der Waals surface area contributed by atoms with Crippen molar-refractivity contribution in [2.24, 2.45) is 11.1 Å². The first kappa shape index (κ1) is 15.4. The van der Waals surface area contributed by atoms with Crippen molar-refractivity contribution >= 4 is 5.91 Å². The molecule has 0 fully saturated rings. The van der Waals surface area contributed by atoms with Crippen LogP contribution in [0.3, 0.4) is 0 Å². The van der Waals surface area contributed by atoms with Crippen molar-refractivity contribution in [3.8, 4) is 0 Å². The molecule has 3 N–H and O–H groups in total. The van der Waals surface area contributed by atoms with Gasteiger partial charge in [0.05, 0.1) is 6.04 Å². The lowest BCUT2D eigenvalue weighted by atomic mass is 9.87. The highest BCUT2D eigenvalue weighted by molar-refractivity contribution is 5.81. The summed E-state index contributed by atoms with van der Waals surface area (Å²) >= 11 is 0. The largest absolute Gasteiger partial charge is 0.354 e. The van der Waals surface area contributed by atoms with E-state index in [1.165, 1.54) is 19.3 Å². The third-order valence-corrected chi connectivity index (χ3v) is 2.97. The average molecular weight is 228 g/mol. The standard InChI is InChI=1S/C13H28N2O/c1-5-7-8-9-13(3,4)10-15-12(16)11(14)6-2/h11H,5-10,14H2,1-4H3,(H,15,16)/t11-/m0/s1. The summed E-state index contributed by atoms with van der Waals surface area (Å²) < 4.78 is 0. The fourth-order valence-corrected chi connectivity index (χ4v) is 1.58. The number of unbranched alkanes of at least 4 members (excludes halogenated alkanes) is 2. The van der Waals surface area contributed by atoms with E-state index in [0.29, 0.717) is 6.42 Å². The molecule has 0 saturated heterocycles. The third kappa shape index (κ3) is 6.83. The van der Waals surface area contributed by atoms with Gasteiger partial charge in [-0.3, -0.25) is 4.79 Å². The molecule has 96 valence electrons. The average Bonchev–Trinajstić information content (AvgIpc) is 2.25. The van der Waals surface area contributed by atoms with E-state index in [9.17, 15) is 4.79 Å². The van der Waals surface area contributed by atoms with Gasteiger partial charge in [0.1, 0.15) is 0 Å². The van der Waals surface area contributed by atoms with Gasteiger partial charge in [0.25, 0.3) is 0 Å². The van der Waals surface area contributed by atoms with Gasteiger partial charge in [-0.1, -0.05) is 47.0 Å². The Bertz CT molecular complexity index is 202. The van der Waals surface area contributed by atoms with Gasteiger partial charge in [-0.15, -0.1) is 0 Å². The van der Waals surface area contributed by atoms with Crippen LogP contribution in [-0.4, -0.2) is 18.5 Å². The zero-order chi connectivity index (χ0) is 12.6. The Kier molecular flexibility index (Phi) is 7.39. The highest BCUT2D eigenvalue weighted by Crippen LogP contribution is 2.22. The van der Waals surface area contributed by atoms with E-state index >= 15 is 0 Å². The topological polar surface area (TPSA) is 55.1 Å². The summed E-state index contributed by atoms with van der Waals surface area (Å²) in [6.07, 6.45) is 5.60. The molecular weight excluding hydrogens is 200 g/mol. The van der Waals surface area contributed by atoms with Crippen LogP contribution in [0.1, 0.15) is 59.8 Å². The number of carbonyl (C=O) groups excluding carboxylic acids is 1. The Morgan fingerprint density at radius 2 is 1.94 bits per heavy atom. The van der Waals surface area contributed by atoms with Crippen LogP contribution in [-0.2, 0) is 4.79 Å². The molecule has 0 aromatic heterocycles. The fourth-order valence-electron chi connectivity index (χ4n) is 1.58. The van der Waals surface area contributed by atoms with Crippen LogP contribution < -0.4 is 11.1 Å². The zero-order valence-corrected chi connectivity index (χ0v) is 11.3. The minimum absolute atomic E-state index is 0.0222. The molecule has 0 aromatic rings. The van der Waals surface area contributed by atoms with Crippen molar-refractivity contribution < 1.29 is 4.79 Å². The molecule has 3 heteroatoms. The lowest BCUT2D eigenvalue weighted by molar-refractivity contribution is -0.122. The molecule has 0 bridgehead atoms. The van der Waals surface area contributed by atoms with Gasteiger partial charge in [-0.05, 0) is 18.3 Å². The first-order valence-electron chi connectivity index (χ1n) is 6.46. The zero-order valence-electron chi connectivity index (χ0n) is 11.3. The number of nitrogens with two attached hydrogens (primary N) is 1. The molecular formula is C13H28N2O. The molecule has 0 saturated carbocycles. The van der Waals surface area contributed by atoms with Crippen molar-refractivity contribution in [1.82, 2.24) is 5.32 Å². The summed E-state index contributed by atoms with van der Waals surface area (Å²) in [7, 11) is 0. The first-order chi connectivity index (χ1) is 7.43. The maximum absolute atomic E-state index is 11.5. The van der Waals surface area contributed by atoms with Crippen molar-refractivity contribution in [2.45, 2.75) is 65.8 Å². The van der Waals surface area contributed by atoms with E-state index in [1.807, 2.05) is 6.92 Å². The number of hydrogen-bond acceptors (Lipinski definition) is 2. The Morgan fingerprint density at radius 1 is 1.31 bits per heavy atom. The third-order valence-electron chi connectivity index (χ3n) is 2.97. The molecule has 0 aliphatic carbocycles. The Morgan fingerprint density at radius 3 is 2.44 bits per heavy atom. The van der Waals surface area contributed by atoms with E-state index in [0.717, 1.165) is 13.0 Å². The normalized spacial score (nSPS) is 13.6. The summed E-state index contributed by atoms with van der Waals surface area (Å²) in [5.41, 5.74) is 5.83. The summed E-state index contributed by atoms with van der Waals surface area (Å²) in [4.78, 5) is 11.5. The maximum atomic E-state index is 11.5. The molecule has 3 nitrogen and oxygen atoms in total. The number of amides is 1. The van der Waals surface area contributed by atoms with Crippen molar-refractivity contribution in [3.63, 3.8) is 0 Å². The van der Waals surface area contributed by atoms with Crippen LogP contribution in [0.15, 0.2) is 0 Å². The maximum Gasteiger partial charge on any atom is 0.236 e. The Labute approximate surface area is 100 Å². The predicted molar refractivity (Wildman–Crippen MR) is 69.2 cm³/mol. The lowest BCUT2D eigenvalue weighted by Crippen LogP contribution is -2.43. The van der Waals surface area contributed by atoms with Gasteiger partial charge in [0.15, 0.2) is 0 Å². The van der Waals surface area contributed by atoms with Crippen LogP contribution in [0.2, 0.25) is 0 Å². The van der Waals surface area contributed by atoms with Crippen molar-refractivity contribution in [1.29, 1.82) is 0 Å². The van der Waals surface area contributed by atoms with Crippen LogP contribution in [0, 0.1) is 5.41 Å². The number of nitrogens with one attached hydrogen (secondary N) is 1. The number of hydrogen-bond donors (Lipinski definition) is 2. The monoisotopic (exact) mass is 228 g/mol. The van der Waals surface area contributed by atoms with Crippen LogP contribution in [0.25, 0.3) is 0 Å². The molecule has 0 aliphatic heterocycles.